The van der Waals surface area contributed by atoms with Crippen LogP contribution in [0.1, 0.15) is 58.6 Å². The third-order valence-electron chi connectivity index (χ3n) is 6.46. The van der Waals surface area contributed by atoms with Crippen LogP contribution in [0.3, 0.4) is 0 Å². The number of halogens is 1. The van der Waals surface area contributed by atoms with Crippen molar-refractivity contribution in [2.45, 2.75) is 59.1 Å². The summed E-state index contributed by atoms with van der Waals surface area (Å²) in [4.78, 5) is 0. The zero-order valence-electron chi connectivity index (χ0n) is 13.4. The molecule has 21 heavy (non-hydrogen) atoms. The maximum absolute atomic E-state index is 6.43. The van der Waals surface area contributed by atoms with E-state index in [1.807, 2.05) is 6.92 Å². The highest BCUT2D eigenvalue weighted by Gasteiger charge is 2.62. The molecule has 2 fully saturated rings. The van der Waals surface area contributed by atoms with Crippen molar-refractivity contribution in [2.75, 3.05) is 0 Å². The second-order valence-electron chi connectivity index (χ2n) is 7.70. The van der Waals surface area contributed by atoms with Gasteiger partial charge >= 0.3 is 0 Å². The number of benzene rings is 1. The van der Waals surface area contributed by atoms with Crippen molar-refractivity contribution >= 4 is 15.9 Å². The van der Waals surface area contributed by atoms with E-state index in [0.29, 0.717) is 11.5 Å². The molecule has 2 aliphatic carbocycles. The van der Waals surface area contributed by atoms with Crippen LogP contribution in [0.15, 0.2) is 22.7 Å². The molecule has 0 aliphatic heterocycles. The number of rotatable bonds is 3. The lowest BCUT2D eigenvalue weighted by molar-refractivity contribution is 0.0297. The number of ether oxygens (including phenoxy) is 1. The van der Waals surface area contributed by atoms with E-state index in [1.54, 1.807) is 0 Å². The molecular weight excluding hydrogens is 326 g/mol. The highest BCUT2D eigenvalue weighted by atomic mass is 79.9. The summed E-state index contributed by atoms with van der Waals surface area (Å²) in [5.74, 6) is 1.75. The Kier molecular flexibility index (Phi) is 3.65. The molecule has 2 aliphatic rings. The van der Waals surface area contributed by atoms with Crippen molar-refractivity contribution in [2.24, 2.45) is 22.5 Å². The third-order valence-corrected chi connectivity index (χ3v) is 7.08. The van der Waals surface area contributed by atoms with Crippen LogP contribution in [0.2, 0.25) is 0 Å². The van der Waals surface area contributed by atoms with Crippen molar-refractivity contribution in [1.82, 2.24) is 0 Å². The van der Waals surface area contributed by atoms with E-state index in [1.165, 1.54) is 19.3 Å². The van der Waals surface area contributed by atoms with Crippen molar-refractivity contribution in [1.29, 1.82) is 0 Å². The molecule has 3 rings (SSSR count). The lowest BCUT2D eigenvalue weighted by Crippen LogP contribution is -2.38. The van der Waals surface area contributed by atoms with Crippen molar-refractivity contribution < 1.29 is 4.74 Å². The quantitative estimate of drug-likeness (QED) is 0.825. The molecule has 2 bridgehead atoms. The Morgan fingerprint density at radius 3 is 2.52 bits per heavy atom. The van der Waals surface area contributed by atoms with Gasteiger partial charge in [0, 0.05) is 11.5 Å². The molecule has 0 aromatic heterocycles. The minimum absolute atomic E-state index is 0.0503. The molecule has 1 aromatic rings. The van der Waals surface area contributed by atoms with E-state index in [-0.39, 0.29) is 11.5 Å². The van der Waals surface area contributed by atoms with E-state index in [2.05, 4.69) is 54.9 Å². The molecule has 0 heterocycles. The second-order valence-corrected chi connectivity index (χ2v) is 8.55. The molecule has 4 atom stereocenters. The van der Waals surface area contributed by atoms with Crippen LogP contribution >= 0.6 is 15.9 Å². The molecule has 0 spiro atoms. The van der Waals surface area contributed by atoms with Gasteiger partial charge in [0.05, 0.1) is 4.47 Å². The summed E-state index contributed by atoms with van der Waals surface area (Å²) in [6, 6.07) is 6.27. The van der Waals surface area contributed by atoms with Crippen LogP contribution in [0.25, 0.3) is 0 Å². The highest BCUT2D eigenvalue weighted by Crippen LogP contribution is 2.66. The summed E-state index contributed by atoms with van der Waals surface area (Å²) >= 11 is 3.64. The molecular formula is C18H26BrNO. The Balaban J connectivity index is 1.83. The predicted molar refractivity (Wildman–Crippen MR) is 90.4 cm³/mol. The van der Waals surface area contributed by atoms with Gasteiger partial charge in [0.2, 0.25) is 0 Å². The largest absolute Gasteiger partial charge is 0.489 e. The molecule has 2 nitrogen and oxygen atoms in total. The lowest BCUT2D eigenvalue weighted by Gasteiger charge is -2.39. The molecule has 4 unspecified atom stereocenters. The van der Waals surface area contributed by atoms with Gasteiger partial charge in [0.1, 0.15) is 11.9 Å². The smallest absolute Gasteiger partial charge is 0.133 e. The number of fused-ring (bicyclic) bond motifs is 2. The van der Waals surface area contributed by atoms with Gasteiger partial charge in [0.25, 0.3) is 0 Å². The minimum Gasteiger partial charge on any atom is -0.489 e. The third kappa shape index (κ3) is 2.24. The second kappa shape index (κ2) is 4.99. The summed E-state index contributed by atoms with van der Waals surface area (Å²) in [5.41, 5.74) is 7.75. The highest BCUT2D eigenvalue weighted by molar-refractivity contribution is 9.10. The van der Waals surface area contributed by atoms with E-state index < -0.39 is 0 Å². The first-order valence-electron chi connectivity index (χ1n) is 7.97. The van der Waals surface area contributed by atoms with Crippen LogP contribution in [-0.4, -0.2) is 6.10 Å². The average Bonchev–Trinajstić information content (AvgIpc) is 2.74. The van der Waals surface area contributed by atoms with Crippen molar-refractivity contribution in [3.63, 3.8) is 0 Å². The van der Waals surface area contributed by atoms with Gasteiger partial charge in [-0.25, -0.2) is 0 Å². The fourth-order valence-corrected chi connectivity index (χ4v) is 4.85. The van der Waals surface area contributed by atoms with Crippen LogP contribution in [-0.2, 0) is 0 Å². The van der Waals surface area contributed by atoms with Gasteiger partial charge in [-0.3, -0.25) is 0 Å². The molecule has 0 amide bonds. The number of hydrogen-bond acceptors (Lipinski definition) is 2. The predicted octanol–water partition coefficient (Wildman–Crippen LogP) is 5.06. The zero-order chi connectivity index (χ0) is 15.4. The van der Waals surface area contributed by atoms with E-state index in [9.17, 15) is 0 Å². The molecule has 0 saturated heterocycles. The van der Waals surface area contributed by atoms with Crippen LogP contribution in [0.4, 0.5) is 0 Å². The number of hydrogen-bond donors (Lipinski definition) is 1. The Bertz CT molecular complexity index is 554. The Hall–Kier alpha value is -0.540. The maximum atomic E-state index is 6.43. The van der Waals surface area contributed by atoms with Crippen LogP contribution in [0.5, 0.6) is 5.75 Å². The van der Waals surface area contributed by atoms with Gasteiger partial charge < -0.3 is 10.5 Å². The monoisotopic (exact) mass is 351 g/mol. The first-order valence-corrected chi connectivity index (χ1v) is 8.76. The fraction of sp³-hybridized carbons (Fsp3) is 0.667. The van der Waals surface area contributed by atoms with Gasteiger partial charge in [-0.05, 0) is 71.1 Å². The van der Waals surface area contributed by atoms with Crippen molar-refractivity contribution in [3.8, 4) is 5.75 Å². The van der Waals surface area contributed by atoms with Crippen molar-refractivity contribution in [3.05, 3.63) is 28.2 Å². The molecule has 2 N–H and O–H groups in total. The van der Waals surface area contributed by atoms with Crippen LogP contribution in [0, 0.1) is 16.7 Å². The van der Waals surface area contributed by atoms with Gasteiger partial charge in [0.15, 0.2) is 0 Å². The SMILES string of the molecule is CC(N)c1ccc(OC2CC3CCC2(C)C3(C)C)c(Br)c1. The van der Waals surface area contributed by atoms with Crippen LogP contribution < -0.4 is 10.5 Å². The maximum Gasteiger partial charge on any atom is 0.133 e. The lowest BCUT2D eigenvalue weighted by atomic mass is 9.70. The first kappa shape index (κ1) is 15.4. The normalized spacial score (nSPS) is 35.0. The zero-order valence-corrected chi connectivity index (χ0v) is 15.0. The summed E-state index contributed by atoms with van der Waals surface area (Å²) in [6.45, 7) is 9.25. The first-order chi connectivity index (χ1) is 9.75. The van der Waals surface area contributed by atoms with E-state index in [0.717, 1.165) is 21.7 Å². The van der Waals surface area contributed by atoms with E-state index in [4.69, 9.17) is 10.5 Å². The van der Waals surface area contributed by atoms with Gasteiger partial charge in [-0.1, -0.05) is 26.8 Å². The molecule has 116 valence electrons. The average molecular weight is 352 g/mol. The fourth-order valence-electron chi connectivity index (χ4n) is 4.36. The minimum atomic E-state index is 0.0503. The summed E-state index contributed by atoms with van der Waals surface area (Å²) in [7, 11) is 0. The summed E-state index contributed by atoms with van der Waals surface area (Å²) in [5, 5.41) is 0. The standard InChI is InChI=1S/C18H26BrNO/c1-11(20)12-5-6-15(14(19)9-12)21-16-10-13-7-8-18(16,4)17(13,2)3/h5-6,9,11,13,16H,7-8,10,20H2,1-4H3. The topological polar surface area (TPSA) is 35.2 Å². The van der Waals surface area contributed by atoms with Gasteiger partial charge in [-0.15, -0.1) is 0 Å². The van der Waals surface area contributed by atoms with Gasteiger partial charge in [-0.2, -0.15) is 0 Å². The Morgan fingerprint density at radius 2 is 2.05 bits per heavy atom. The summed E-state index contributed by atoms with van der Waals surface area (Å²) in [6.07, 6.45) is 4.15. The molecule has 0 radical (unpaired) electrons. The summed E-state index contributed by atoms with van der Waals surface area (Å²) < 4.78 is 7.44. The Labute approximate surface area is 136 Å². The molecule has 2 saturated carbocycles. The number of nitrogens with two attached hydrogens (primary N) is 1. The van der Waals surface area contributed by atoms with E-state index >= 15 is 0 Å². The molecule has 1 aromatic carbocycles. The Morgan fingerprint density at radius 1 is 1.33 bits per heavy atom. The molecule has 3 heteroatoms.